The molecule has 22 heavy (non-hydrogen) atoms. The molecule has 1 rings (SSSR count). The summed E-state index contributed by atoms with van der Waals surface area (Å²) in [5, 5.41) is 3.39. The van der Waals surface area contributed by atoms with Crippen molar-refractivity contribution < 1.29 is 9.53 Å². The van der Waals surface area contributed by atoms with Crippen molar-refractivity contribution in [2.24, 2.45) is 5.92 Å². The van der Waals surface area contributed by atoms with Gasteiger partial charge >= 0.3 is 5.97 Å². The summed E-state index contributed by atoms with van der Waals surface area (Å²) >= 11 is 0. The lowest BCUT2D eigenvalue weighted by Gasteiger charge is -2.10. The Balaban J connectivity index is 2.30. The maximum absolute atomic E-state index is 11.9. The Bertz CT molecular complexity index is 429. The van der Waals surface area contributed by atoms with Crippen LogP contribution in [0.3, 0.4) is 0 Å². The molecule has 1 aromatic rings. The zero-order valence-electron chi connectivity index (χ0n) is 14.4. The topological polar surface area (TPSA) is 38.3 Å². The van der Waals surface area contributed by atoms with Crippen LogP contribution in [0.2, 0.25) is 0 Å². The largest absolute Gasteiger partial charge is 0.462 e. The van der Waals surface area contributed by atoms with Crippen LogP contribution in [0, 0.1) is 5.92 Å². The summed E-state index contributed by atoms with van der Waals surface area (Å²) < 4.78 is 5.26. The number of rotatable bonds is 11. The molecule has 1 N–H and O–H groups in total. The Hall–Kier alpha value is -1.51. The summed E-state index contributed by atoms with van der Waals surface area (Å²) in [5.74, 6) is 0.120. The highest BCUT2D eigenvalue weighted by molar-refractivity contribution is 5.90. The van der Waals surface area contributed by atoms with E-state index in [0.29, 0.717) is 18.1 Å². The smallest absolute Gasteiger partial charge is 0.338 e. The molecule has 0 aliphatic heterocycles. The van der Waals surface area contributed by atoms with Crippen molar-refractivity contribution >= 4 is 11.7 Å². The molecule has 0 amide bonds. The van der Waals surface area contributed by atoms with Gasteiger partial charge in [0, 0.05) is 12.2 Å². The van der Waals surface area contributed by atoms with Gasteiger partial charge in [-0.1, -0.05) is 58.9 Å². The standard InChI is InChI=1S/C19H31NO2/c1-4-5-6-7-8-9-13-20-18-12-10-11-17(14-18)19(21)22-15-16(2)3/h10-12,14,16,20H,4-9,13,15H2,1-3H3. The number of hydrogen-bond donors (Lipinski definition) is 1. The molecule has 0 saturated heterocycles. The van der Waals surface area contributed by atoms with Gasteiger partial charge in [-0.3, -0.25) is 0 Å². The lowest BCUT2D eigenvalue weighted by atomic mass is 10.1. The Morgan fingerprint density at radius 2 is 1.86 bits per heavy atom. The quantitative estimate of drug-likeness (QED) is 0.447. The van der Waals surface area contributed by atoms with Crippen molar-refractivity contribution in [3.05, 3.63) is 29.8 Å². The minimum atomic E-state index is -0.239. The van der Waals surface area contributed by atoms with Crippen LogP contribution in [0.4, 0.5) is 5.69 Å². The number of carbonyl (C=O) groups is 1. The summed E-state index contributed by atoms with van der Waals surface area (Å²) in [6.07, 6.45) is 7.73. The van der Waals surface area contributed by atoms with Crippen molar-refractivity contribution in [2.75, 3.05) is 18.5 Å². The second-order valence-electron chi connectivity index (χ2n) is 6.27. The first-order valence-corrected chi connectivity index (χ1v) is 8.64. The molecule has 0 aromatic heterocycles. The van der Waals surface area contributed by atoms with E-state index in [4.69, 9.17) is 4.74 Å². The zero-order valence-corrected chi connectivity index (χ0v) is 14.4. The summed E-state index contributed by atoms with van der Waals surface area (Å²) in [6, 6.07) is 7.57. The molecule has 0 fully saturated rings. The molecular formula is C19H31NO2. The van der Waals surface area contributed by atoms with Crippen molar-refractivity contribution in [2.45, 2.75) is 59.3 Å². The second-order valence-corrected chi connectivity index (χ2v) is 6.27. The van der Waals surface area contributed by atoms with E-state index < -0.39 is 0 Å². The van der Waals surface area contributed by atoms with E-state index in [1.165, 1.54) is 38.5 Å². The zero-order chi connectivity index (χ0) is 16.2. The monoisotopic (exact) mass is 305 g/mol. The molecule has 0 aliphatic rings. The number of unbranched alkanes of at least 4 members (excludes halogenated alkanes) is 5. The fourth-order valence-electron chi connectivity index (χ4n) is 2.22. The normalized spacial score (nSPS) is 10.7. The van der Waals surface area contributed by atoms with Gasteiger partial charge in [-0.2, -0.15) is 0 Å². The molecular weight excluding hydrogens is 274 g/mol. The first kappa shape index (κ1) is 18.5. The average Bonchev–Trinajstić information content (AvgIpc) is 2.52. The lowest BCUT2D eigenvalue weighted by molar-refractivity contribution is 0.0459. The van der Waals surface area contributed by atoms with Gasteiger partial charge in [-0.25, -0.2) is 4.79 Å². The van der Waals surface area contributed by atoms with E-state index in [-0.39, 0.29) is 5.97 Å². The predicted octanol–water partition coefficient (Wildman–Crippen LogP) is 5.27. The number of benzene rings is 1. The maximum atomic E-state index is 11.9. The number of esters is 1. The number of hydrogen-bond acceptors (Lipinski definition) is 3. The van der Waals surface area contributed by atoms with Crippen molar-refractivity contribution in [1.29, 1.82) is 0 Å². The summed E-state index contributed by atoms with van der Waals surface area (Å²) in [4.78, 5) is 11.9. The van der Waals surface area contributed by atoms with Gasteiger partial charge in [0.15, 0.2) is 0 Å². The van der Waals surface area contributed by atoms with E-state index in [9.17, 15) is 4.79 Å². The highest BCUT2D eigenvalue weighted by Gasteiger charge is 2.08. The van der Waals surface area contributed by atoms with E-state index in [1.807, 2.05) is 32.0 Å². The van der Waals surface area contributed by atoms with Crippen LogP contribution in [0.5, 0.6) is 0 Å². The van der Waals surface area contributed by atoms with Gasteiger partial charge in [-0.15, -0.1) is 0 Å². The number of ether oxygens (including phenoxy) is 1. The van der Waals surface area contributed by atoms with Crippen LogP contribution in [-0.2, 0) is 4.74 Å². The van der Waals surface area contributed by atoms with Crippen LogP contribution in [-0.4, -0.2) is 19.1 Å². The Morgan fingerprint density at radius 1 is 1.14 bits per heavy atom. The van der Waals surface area contributed by atoms with Gasteiger partial charge in [0.05, 0.1) is 12.2 Å². The maximum Gasteiger partial charge on any atom is 0.338 e. The number of anilines is 1. The Kier molecular flexibility index (Phi) is 9.36. The molecule has 1 aromatic carbocycles. The van der Waals surface area contributed by atoms with Gasteiger partial charge in [0.2, 0.25) is 0 Å². The van der Waals surface area contributed by atoms with Gasteiger partial charge < -0.3 is 10.1 Å². The lowest BCUT2D eigenvalue weighted by Crippen LogP contribution is -2.10. The molecule has 0 spiro atoms. The molecule has 124 valence electrons. The average molecular weight is 305 g/mol. The summed E-state index contributed by atoms with van der Waals surface area (Å²) in [5.41, 5.74) is 1.61. The molecule has 0 bridgehead atoms. The highest BCUT2D eigenvalue weighted by atomic mass is 16.5. The van der Waals surface area contributed by atoms with Crippen LogP contribution < -0.4 is 5.32 Å². The van der Waals surface area contributed by atoms with E-state index in [2.05, 4.69) is 12.2 Å². The van der Waals surface area contributed by atoms with Crippen LogP contribution in [0.15, 0.2) is 24.3 Å². The number of nitrogens with one attached hydrogen (secondary N) is 1. The van der Waals surface area contributed by atoms with Crippen LogP contribution in [0.1, 0.15) is 69.7 Å². The minimum absolute atomic E-state index is 0.239. The molecule has 3 heteroatoms. The fourth-order valence-corrected chi connectivity index (χ4v) is 2.22. The first-order chi connectivity index (χ1) is 10.6. The molecule has 0 heterocycles. The second kappa shape index (κ2) is 11.1. The fraction of sp³-hybridized carbons (Fsp3) is 0.632. The summed E-state index contributed by atoms with van der Waals surface area (Å²) in [7, 11) is 0. The summed E-state index contributed by atoms with van der Waals surface area (Å²) in [6.45, 7) is 7.73. The van der Waals surface area contributed by atoms with E-state index >= 15 is 0 Å². The molecule has 0 atom stereocenters. The SMILES string of the molecule is CCCCCCCCNc1cccc(C(=O)OCC(C)C)c1. The van der Waals surface area contributed by atoms with Gasteiger partial charge in [0.1, 0.15) is 0 Å². The highest BCUT2D eigenvalue weighted by Crippen LogP contribution is 2.13. The van der Waals surface area contributed by atoms with Crippen LogP contribution >= 0.6 is 0 Å². The Morgan fingerprint density at radius 3 is 2.59 bits per heavy atom. The molecule has 3 nitrogen and oxygen atoms in total. The Labute approximate surface area is 135 Å². The third-order valence-electron chi connectivity index (χ3n) is 3.51. The van der Waals surface area contributed by atoms with Gasteiger partial charge in [-0.05, 0) is 30.5 Å². The van der Waals surface area contributed by atoms with Crippen LogP contribution in [0.25, 0.3) is 0 Å². The molecule has 0 radical (unpaired) electrons. The van der Waals surface area contributed by atoms with Crippen molar-refractivity contribution in [3.63, 3.8) is 0 Å². The third kappa shape index (κ3) is 8.06. The molecule has 0 aliphatic carbocycles. The third-order valence-corrected chi connectivity index (χ3v) is 3.51. The van der Waals surface area contributed by atoms with E-state index in [0.717, 1.165) is 12.2 Å². The molecule has 0 saturated carbocycles. The van der Waals surface area contributed by atoms with E-state index in [1.54, 1.807) is 6.07 Å². The van der Waals surface area contributed by atoms with Crippen molar-refractivity contribution in [1.82, 2.24) is 0 Å². The minimum Gasteiger partial charge on any atom is -0.462 e. The van der Waals surface area contributed by atoms with Gasteiger partial charge in [0.25, 0.3) is 0 Å². The number of carbonyl (C=O) groups excluding carboxylic acids is 1. The molecule has 0 unspecified atom stereocenters. The van der Waals surface area contributed by atoms with Crippen molar-refractivity contribution in [3.8, 4) is 0 Å². The first-order valence-electron chi connectivity index (χ1n) is 8.64. The predicted molar refractivity (Wildman–Crippen MR) is 93.4 cm³/mol.